The van der Waals surface area contributed by atoms with Crippen LogP contribution in [0.1, 0.15) is 21.5 Å². The minimum absolute atomic E-state index is 0.285. The molecule has 2 rings (SSSR count). The SMILES string of the molecule is COc1cc(N)c(C(=O)Nc2cc(C)ccc2C)cc1OC. The van der Waals surface area contributed by atoms with Crippen LogP contribution < -0.4 is 20.5 Å². The molecule has 5 heteroatoms. The predicted octanol–water partition coefficient (Wildman–Crippen LogP) is 3.16. The van der Waals surface area contributed by atoms with Crippen LogP contribution in [0.2, 0.25) is 0 Å². The van der Waals surface area contributed by atoms with E-state index < -0.39 is 0 Å². The molecule has 0 saturated heterocycles. The highest BCUT2D eigenvalue weighted by Gasteiger charge is 2.16. The number of ether oxygens (including phenoxy) is 2. The van der Waals surface area contributed by atoms with Crippen molar-refractivity contribution in [2.24, 2.45) is 0 Å². The van der Waals surface area contributed by atoms with Gasteiger partial charge in [-0.3, -0.25) is 4.79 Å². The maximum absolute atomic E-state index is 12.5. The summed E-state index contributed by atoms with van der Waals surface area (Å²) in [6.45, 7) is 3.91. The van der Waals surface area contributed by atoms with Gasteiger partial charge in [0.2, 0.25) is 0 Å². The minimum atomic E-state index is -0.285. The molecule has 0 unspecified atom stereocenters. The zero-order chi connectivity index (χ0) is 16.3. The number of benzene rings is 2. The van der Waals surface area contributed by atoms with Crippen LogP contribution in [0.25, 0.3) is 0 Å². The Morgan fingerprint density at radius 2 is 1.68 bits per heavy atom. The second kappa shape index (κ2) is 6.39. The summed E-state index contributed by atoms with van der Waals surface area (Å²) in [6, 6.07) is 9.04. The van der Waals surface area contributed by atoms with Crippen LogP contribution in [0, 0.1) is 13.8 Å². The third-order valence-electron chi connectivity index (χ3n) is 3.44. The number of methoxy groups -OCH3 is 2. The molecule has 0 aliphatic carbocycles. The minimum Gasteiger partial charge on any atom is -0.493 e. The van der Waals surface area contributed by atoms with E-state index in [9.17, 15) is 4.79 Å². The Labute approximate surface area is 130 Å². The normalized spacial score (nSPS) is 10.2. The van der Waals surface area contributed by atoms with Gasteiger partial charge in [-0.1, -0.05) is 12.1 Å². The van der Waals surface area contributed by atoms with Crippen LogP contribution in [-0.2, 0) is 0 Å². The summed E-state index contributed by atoms with van der Waals surface area (Å²) in [7, 11) is 3.04. The van der Waals surface area contributed by atoms with E-state index in [1.165, 1.54) is 14.2 Å². The lowest BCUT2D eigenvalue weighted by molar-refractivity contribution is 0.102. The van der Waals surface area contributed by atoms with Crippen molar-refractivity contribution in [3.8, 4) is 11.5 Å². The first-order valence-electron chi connectivity index (χ1n) is 6.86. The Hall–Kier alpha value is -2.69. The molecule has 0 aliphatic rings. The average Bonchev–Trinajstić information content (AvgIpc) is 2.50. The number of amides is 1. The summed E-state index contributed by atoms with van der Waals surface area (Å²) in [5.41, 5.74) is 9.44. The van der Waals surface area contributed by atoms with Crippen molar-refractivity contribution < 1.29 is 14.3 Å². The van der Waals surface area contributed by atoms with Crippen molar-refractivity contribution >= 4 is 17.3 Å². The van der Waals surface area contributed by atoms with E-state index in [1.807, 2.05) is 32.0 Å². The Balaban J connectivity index is 2.35. The quantitative estimate of drug-likeness (QED) is 0.851. The summed E-state index contributed by atoms with van der Waals surface area (Å²) < 4.78 is 10.4. The summed E-state index contributed by atoms with van der Waals surface area (Å²) >= 11 is 0. The first-order chi connectivity index (χ1) is 10.5. The molecule has 3 N–H and O–H groups in total. The fourth-order valence-corrected chi connectivity index (χ4v) is 2.15. The summed E-state index contributed by atoms with van der Waals surface area (Å²) in [6.07, 6.45) is 0. The molecule has 0 bridgehead atoms. The van der Waals surface area contributed by atoms with Gasteiger partial charge in [-0.05, 0) is 37.1 Å². The van der Waals surface area contributed by atoms with Gasteiger partial charge < -0.3 is 20.5 Å². The lowest BCUT2D eigenvalue weighted by Gasteiger charge is -2.14. The van der Waals surface area contributed by atoms with Gasteiger partial charge in [-0.2, -0.15) is 0 Å². The summed E-state index contributed by atoms with van der Waals surface area (Å²) in [5, 5.41) is 2.88. The molecule has 0 fully saturated rings. The third kappa shape index (κ3) is 3.14. The van der Waals surface area contributed by atoms with E-state index in [1.54, 1.807) is 12.1 Å². The first kappa shape index (κ1) is 15.7. The molecule has 0 radical (unpaired) electrons. The van der Waals surface area contributed by atoms with E-state index in [-0.39, 0.29) is 5.91 Å². The smallest absolute Gasteiger partial charge is 0.257 e. The van der Waals surface area contributed by atoms with Crippen LogP contribution in [0.4, 0.5) is 11.4 Å². The summed E-state index contributed by atoms with van der Waals surface area (Å²) in [4.78, 5) is 12.5. The molecule has 0 heterocycles. The average molecular weight is 300 g/mol. The molecular formula is C17H20N2O3. The monoisotopic (exact) mass is 300 g/mol. The van der Waals surface area contributed by atoms with Gasteiger partial charge in [0.1, 0.15) is 0 Å². The fraction of sp³-hybridized carbons (Fsp3) is 0.235. The number of carbonyl (C=O) groups is 1. The number of carbonyl (C=O) groups excluding carboxylic acids is 1. The van der Waals surface area contributed by atoms with Crippen LogP contribution in [0.5, 0.6) is 11.5 Å². The first-order valence-corrected chi connectivity index (χ1v) is 6.86. The van der Waals surface area contributed by atoms with Crippen molar-refractivity contribution in [1.29, 1.82) is 0 Å². The molecule has 1 amide bonds. The third-order valence-corrected chi connectivity index (χ3v) is 3.44. The highest BCUT2D eigenvalue weighted by Crippen LogP contribution is 2.32. The van der Waals surface area contributed by atoms with Crippen LogP contribution in [0.3, 0.4) is 0 Å². The molecule has 0 atom stereocenters. The van der Waals surface area contributed by atoms with Crippen molar-refractivity contribution in [2.75, 3.05) is 25.3 Å². The Kier molecular flexibility index (Phi) is 4.56. The summed E-state index contributed by atoms with van der Waals surface area (Å²) in [5.74, 6) is 0.665. The van der Waals surface area contributed by atoms with Crippen molar-refractivity contribution in [1.82, 2.24) is 0 Å². The molecular weight excluding hydrogens is 280 g/mol. The van der Waals surface area contributed by atoms with Gasteiger partial charge in [-0.25, -0.2) is 0 Å². The number of hydrogen-bond acceptors (Lipinski definition) is 4. The molecule has 0 saturated carbocycles. The van der Waals surface area contributed by atoms with Gasteiger partial charge >= 0.3 is 0 Å². The fourth-order valence-electron chi connectivity index (χ4n) is 2.15. The standard InChI is InChI=1S/C17H20N2O3/c1-10-5-6-11(2)14(7-10)19-17(20)12-8-15(21-3)16(22-4)9-13(12)18/h5-9H,18H2,1-4H3,(H,19,20). The van der Waals surface area contributed by atoms with E-state index in [4.69, 9.17) is 15.2 Å². The maximum Gasteiger partial charge on any atom is 0.257 e. The number of nitrogen functional groups attached to an aromatic ring is 1. The van der Waals surface area contributed by atoms with Crippen LogP contribution >= 0.6 is 0 Å². The topological polar surface area (TPSA) is 73.6 Å². The lowest BCUT2D eigenvalue weighted by atomic mass is 10.1. The zero-order valence-corrected chi connectivity index (χ0v) is 13.2. The van der Waals surface area contributed by atoms with E-state index >= 15 is 0 Å². The number of rotatable bonds is 4. The molecule has 5 nitrogen and oxygen atoms in total. The van der Waals surface area contributed by atoms with Gasteiger partial charge in [0.15, 0.2) is 11.5 Å². The van der Waals surface area contributed by atoms with Gasteiger partial charge in [-0.15, -0.1) is 0 Å². The highest BCUT2D eigenvalue weighted by atomic mass is 16.5. The molecule has 22 heavy (non-hydrogen) atoms. The highest BCUT2D eigenvalue weighted by molar-refractivity contribution is 6.08. The number of nitrogens with two attached hydrogens (primary N) is 1. The lowest BCUT2D eigenvalue weighted by Crippen LogP contribution is -2.15. The van der Waals surface area contributed by atoms with Crippen LogP contribution in [-0.4, -0.2) is 20.1 Å². The maximum atomic E-state index is 12.5. The Morgan fingerprint density at radius 1 is 1.05 bits per heavy atom. The number of hydrogen-bond donors (Lipinski definition) is 2. The molecule has 0 aliphatic heterocycles. The number of anilines is 2. The van der Waals surface area contributed by atoms with Gasteiger partial charge in [0.25, 0.3) is 5.91 Å². The molecule has 2 aromatic rings. The van der Waals surface area contributed by atoms with Crippen molar-refractivity contribution in [3.05, 3.63) is 47.0 Å². The van der Waals surface area contributed by atoms with Gasteiger partial charge in [0.05, 0.1) is 19.8 Å². The van der Waals surface area contributed by atoms with E-state index in [0.717, 1.165) is 16.8 Å². The van der Waals surface area contributed by atoms with Crippen molar-refractivity contribution in [2.45, 2.75) is 13.8 Å². The zero-order valence-electron chi connectivity index (χ0n) is 13.2. The molecule has 116 valence electrons. The number of aryl methyl sites for hydroxylation is 2. The van der Waals surface area contributed by atoms with Crippen LogP contribution in [0.15, 0.2) is 30.3 Å². The molecule has 0 spiro atoms. The molecule has 2 aromatic carbocycles. The van der Waals surface area contributed by atoms with E-state index in [0.29, 0.717) is 22.7 Å². The van der Waals surface area contributed by atoms with E-state index in [2.05, 4.69) is 5.32 Å². The Morgan fingerprint density at radius 3 is 2.32 bits per heavy atom. The second-order valence-corrected chi connectivity index (χ2v) is 5.07. The van der Waals surface area contributed by atoms with Crippen molar-refractivity contribution in [3.63, 3.8) is 0 Å². The molecule has 0 aromatic heterocycles. The van der Waals surface area contributed by atoms with Gasteiger partial charge in [0, 0.05) is 17.4 Å². The predicted molar refractivity (Wildman–Crippen MR) is 87.8 cm³/mol. The Bertz CT molecular complexity index is 711. The number of nitrogens with one attached hydrogen (secondary N) is 1. The largest absolute Gasteiger partial charge is 0.493 e. The second-order valence-electron chi connectivity index (χ2n) is 5.07.